The Balaban J connectivity index is 1.63. The molecule has 0 atom stereocenters. The van der Waals surface area contributed by atoms with Crippen LogP contribution in [0.15, 0.2) is 29.2 Å². The zero-order valence-electron chi connectivity index (χ0n) is 18.1. The maximum absolute atomic E-state index is 12.8. The first-order chi connectivity index (χ1) is 15.1. The van der Waals surface area contributed by atoms with Gasteiger partial charge in [-0.3, -0.25) is 9.59 Å². The molecule has 0 spiro atoms. The van der Waals surface area contributed by atoms with Gasteiger partial charge in [0.05, 0.1) is 18.1 Å². The number of anilines is 1. The topological polar surface area (TPSA) is 135 Å². The minimum Gasteiger partial charge on any atom is -0.451 e. The van der Waals surface area contributed by atoms with Crippen LogP contribution in [-0.2, 0) is 24.3 Å². The number of morpholine rings is 1. The second-order valence-electron chi connectivity index (χ2n) is 7.35. The number of ketones is 1. The Morgan fingerprint density at radius 1 is 1.19 bits per heavy atom. The number of sulfonamides is 1. The van der Waals surface area contributed by atoms with E-state index in [2.05, 4.69) is 10.3 Å². The van der Waals surface area contributed by atoms with Crippen LogP contribution >= 0.6 is 0 Å². The molecule has 11 heteroatoms. The van der Waals surface area contributed by atoms with Crippen LogP contribution in [0.5, 0.6) is 0 Å². The van der Waals surface area contributed by atoms with Crippen LogP contribution in [-0.4, -0.2) is 68.3 Å². The number of nitrogens with one attached hydrogen (secondary N) is 2. The van der Waals surface area contributed by atoms with E-state index in [1.165, 1.54) is 35.5 Å². The Labute approximate surface area is 185 Å². The van der Waals surface area contributed by atoms with Crippen molar-refractivity contribution in [2.24, 2.45) is 0 Å². The van der Waals surface area contributed by atoms with Crippen molar-refractivity contribution in [1.82, 2.24) is 9.29 Å². The molecule has 0 saturated carbocycles. The number of Topliss-reactive ketones (excluding diaryl/α,β-unsaturated/α-hetero) is 1. The molecular formula is C21H25N3O7S. The number of H-pyrrole nitrogens is 1. The van der Waals surface area contributed by atoms with E-state index in [0.29, 0.717) is 30.0 Å². The van der Waals surface area contributed by atoms with Crippen LogP contribution in [0.1, 0.15) is 39.0 Å². The van der Waals surface area contributed by atoms with E-state index in [1.807, 2.05) is 0 Å². The highest BCUT2D eigenvalue weighted by molar-refractivity contribution is 7.89. The SMILES string of the molecule is CC(=O)c1c(C)[nH]c(C(=O)OCC(=O)Nc2cccc(S(=O)(=O)N3CCOCC3)c2)c1C. The van der Waals surface area contributed by atoms with Crippen LogP contribution < -0.4 is 5.32 Å². The van der Waals surface area contributed by atoms with E-state index in [9.17, 15) is 22.8 Å². The molecule has 0 bridgehead atoms. The molecule has 172 valence electrons. The van der Waals surface area contributed by atoms with E-state index in [-0.39, 0.29) is 35.1 Å². The number of aromatic nitrogens is 1. The molecule has 1 amide bonds. The average molecular weight is 464 g/mol. The van der Waals surface area contributed by atoms with Crippen LogP contribution in [0.4, 0.5) is 5.69 Å². The first-order valence-electron chi connectivity index (χ1n) is 9.96. The molecule has 0 radical (unpaired) electrons. The zero-order valence-corrected chi connectivity index (χ0v) is 18.9. The summed E-state index contributed by atoms with van der Waals surface area (Å²) >= 11 is 0. The summed E-state index contributed by atoms with van der Waals surface area (Å²) in [5.41, 5.74) is 1.79. The number of hydrogen-bond donors (Lipinski definition) is 2. The second-order valence-corrected chi connectivity index (χ2v) is 9.29. The molecule has 0 aliphatic carbocycles. The van der Waals surface area contributed by atoms with Crippen molar-refractivity contribution < 1.29 is 32.3 Å². The average Bonchev–Trinajstić information content (AvgIpc) is 3.07. The predicted octanol–water partition coefficient (Wildman–Crippen LogP) is 1.65. The van der Waals surface area contributed by atoms with E-state index >= 15 is 0 Å². The third kappa shape index (κ3) is 5.06. The largest absolute Gasteiger partial charge is 0.451 e. The highest BCUT2D eigenvalue weighted by atomic mass is 32.2. The fourth-order valence-electron chi connectivity index (χ4n) is 3.55. The number of hydrogen-bond acceptors (Lipinski definition) is 7. The van der Waals surface area contributed by atoms with Crippen LogP contribution in [0, 0.1) is 13.8 Å². The molecule has 2 aromatic rings. The number of benzene rings is 1. The van der Waals surface area contributed by atoms with Crippen molar-refractivity contribution in [2.45, 2.75) is 25.7 Å². The smallest absolute Gasteiger partial charge is 0.355 e. The number of esters is 1. The molecule has 3 rings (SSSR count). The zero-order chi connectivity index (χ0) is 23.5. The molecule has 2 heterocycles. The van der Waals surface area contributed by atoms with E-state index < -0.39 is 28.5 Å². The standard InChI is InChI=1S/C21H25N3O7S/c1-13-19(15(3)25)14(2)22-20(13)21(27)31-12-18(26)23-16-5-4-6-17(11-16)32(28,29)24-7-9-30-10-8-24/h4-6,11,22H,7-10,12H2,1-3H3,(H,23,26). The molecule has 1 aliphatic rings. The Hall–Kier alpha value is -3.02. The van der Waals surface area contributed by atoms with Crippen molar-refractivity contribution >= 4 is 33.4 Å². The Bertz CT molecular complexity index is 1150. The van der Waals surface area contributed by atoms with Gasteiger partial charge in [0.1, 0.15) is 5.69 Å². The van der Waals surface area contributed by atoms with Gasteiger partial charge >= 0.3 is 5.97 Å². The van der Waals surface area contributed by atoms with Gasteiger partial charge in [-0.25, -0.2) is 13.2 Å². The van der Waals surface area contributed by atoms with Gasteiger partial charge in [0, 0.05) is 30.0 Å². The normalized spacial score (nSPS) is 14.7. The summed E-state index contributed by atoms with van der Waals surface area (Å²) in [7, 11) is -3.71. The third-order valence-electron chi connectivity index (χ3n) is 5.05. The number of rotatable bonds is 7. The molecular weight excluding hydrogens is 438 g/mol. The molecule has 1 aromatic heterocycles. The van der Waals surface area contributed by atoms with E-state index in [0.717, 1.165) is 0 Å². The van der Waals surface area contributed by atoms with Gasteiger partial charge in [0.2, 0.25) is 10.0 Å². The number of carbonyl (C=O) groups is 3. The fourth-order valence-corrected chi connectivity index (χ4v) is 5.01. The molecule has 1 saturated heterocycles. The van der Waals surface area contributed by atoms with Crippen molar-refractivity contribution in [3.05, 3.63) is 46.8 Å². The van der Waals surface area contributed by atoms with Gasteiger partial charge in [-0.15, -0.1) is 0 Å². The van der Waals surface area contributed by atoms with Crippen LogP contribution in [0.25, 0.3) is 0 Å². The lowest BCUT2D eigenvalue weighted by atomic mass is 10.1. The fraction of sp³-hybridized carbons (Fsp3) is 0.381. The summed E-state index contributed by atoms with van der Waals surface area (Å²) in [5, 5.41) is 2.53. The first kappa shape index (κ1) is 23.6. The van der Waals surface area contributed by atoms with Crippen molar-refractivity contribution in [1.29, 1.82) is 0 Å². The lowest BCUT2D eigenvalue weighted by Crippen LogP contribution is -2.40. The third-order valence-corrected chi connectivity index (χ3v) is 6.95. The lowest BCUT2D eigenvalue weighted by Gasteiger charge is -2.26. The number of ether oxygens (including phenoxy) is 2. The predicted molar refractivity (Wildman–Crippen MR) is 115 cm³/mol. The summed E-state index contributed by atoms with van der Waals surface area (Å²) < 4.78 is 37.1. The van der Waals surface area contributed by atoms with Crippen molar-refractivity contribution in [3.63, 3.8) is 0 Å². The number of aromatic amines is 1. The Morgan fingerprint density at radius 3 is 2.50 bits per heavy atom. The number of aryl methyl sites for hydroxylation is 1. The van der Waals surface area contributed by atoms with Crippen molar-refractivity contribution in [3.8, 4) is 0 Å². The van der Waals surface area contributed by atoms with E-state index in [1.54, 1.807) is 13.8 Å². The highest BCUT2D eigenvalue weighted by Crippen LogP contribution is 2.21. The Morgan fingerprint density at radius 2 is 1.88 bits per heavy atom. The van der Waals surface area contributed by atoms with Crippen molar-refractivity contribution in [2.75, 3.05) is 38.2 Å². The highest BCUT2D eigenvalue weighted by Gasteiger charge is 2.26. The van der Waals surface area contributed by atoms with Crippen LogP contribution in [0.2, 0.25) is 0 Å². The Kier molecular flexibility index (Phi) is 7.12. The number of amides is 1. The monoisotopic (exact) mass is 463 g/mol. The summed E-state index contributed by atoms with van der Waals surface area (Å²) in [6.45, 7) is 5.30. The molecule has 1 fully saturated rings. The minimum atomic E-state index is -3.71. The lowest BCUT2D eigenvalue weighted by molar-refractivity contribution is -0.119. The van der Waals surface area contributed by atoms with Crippen LogP contribution in [0.3, 0.4) is 0 Å². The number of carbonyl (C=O) groups excluding carboxylic acids is 3. The van der Waals surface area contributed by atoms with Gasteiger partial charge < -0.3 is 19.8 Å². The molecule has 2 N–H and O–H groups in total. The van der Waals surface area contributed by atoms with Gasteiger partial charge in [-0.2, -0.15) is 4.31 Å². The second kappa shape index (κ2) is 9.63. The molecule has 1 aromatic carbocycles. The first-order valence-corrected chi connectivity index (χ1v) is 11.4. The molecule has 1 aliphatic heterocycles. The summed E-state index contributed by atoms with van der Waals surface area (Å²) in [5.74, 6) is -1.58. The maximum atomic E-state index is 12.8. The maximum Gasteiger partial charge on any atom is 0.355 e. The van der Waals surface area contributed by atoms with Gasteiger partial charge in [-0.1, -0.05) is 6.07 Å². The summed E-state index contributed by atoms with van der Waals surface area (Å²) in [6, 6.07) is 5.85. The van der Waals surface area contributed by atoms with Gasteiger partial charge in [-0.05, 0) is 44.5 Å². The van der Waals surface area contributed by atoms with Gasteiger partial charge in [0.15, 0.2) is 12.4 Å². The molecule has 10 nitrogen and oxygen atoms in total. The summed E-state index contributed by atoms with van der Waals surface area (Å²) in [4.78, 5) is 39.1. The molecule has 32 heavy (non-hydrogen) atoms. The molecule has 0 unspecified atom stereocenters. The number of nitrogens with zero attached hydrogens (tertiary/aromatic N) is 1. The minimum absolute atomic E-state index is 0.0449. The quantitative estimate of drug-likeness (QED) is 0.471. The van der Waals surface area contributed by atoms with E-state index in [4.69, 9.17) is 9.47 Å². The van der Waals surface area contributed by atoms with Gasteiger partial charge in [0.25, 0.3) is 5.91 Å². The summed E-state index contributed by atoms with van der Waals surface area (Å²) in [6.07, 6.45) is 0.